The minimum Gasteiger partial charge on any atom is -0.353 e. The van der Waals surface area contributed by atoms with Crippen LogP contribution < -0.4 is 4.90 Å². The molecule has 1 saturated heterocycles. The van der Waals surface area contributed by atoms with E-state index >= 15 is 0 Å². The molecule has 0 saturated carbocycles. The van der Waals surface area contributed by atoms with E-state index in [0.717, 1.165) is 5.56 Å². The second-order valence-electron chi connectivity index (χ2n) is 5.66. The molecule has 0 aliphatic carbocycles. The largest absolute Gasteiger partial charge is 0.353 e. The molecule has 1 fully saturated rings. The van der Waals surface area contributed by atoms with E-state index in [1.54, 1.807) is 30.3 Å². The van der Waals surface area contributed by atoms with Gasteiger partial charge < -0.3 is 4.90 Å². The Morgan fingerprint density at radius 2 is 1.67 bits per heavy atom. The van der Waals surface area contributed by atoms with Gasteiger partial charge in [-0.1, -0.05) is 40.9 Å². The van der Waals surface area contributed by atoms with Crippen molar-refractivity contribution in [3.63, 3.8) is 0 Å². The zero-order valence-corrected chi connectivity index (χ0v) is 15.4. The lowest BCUT2D eigenvalue weighted by atomic mass is 10.2. The first-order valence-corrected chi connectivity index (χ1v) is 9.70. The summed E-state index contributed by atoms with van der Waals surface area (Å²) in [6.07, 6.45) is 1.54. The lowest BCUT2D eigenvalue weighted by Crippen LogP contribution is -2.49. The van der Waals surface area contributed by atoms with Gasteiger partial charge in [-0.2, -0.15) is 4.31 Å². The Hall–Kier alpha value is -1.34. The predicted octanol–water partition coefficient (Wildman–Crippen LogP) is 3.21. The highest BCUT2D eigenvalue weighted by Crippen LogP contribution is 2.27. The van der Waals surface area contributed by atoms with Gasteiger partial charge in [0.2, 0.25) is 10.0 Å². The molecular weight excluding hydrogens is 369 g/mol. The highest BCUT2D eigenvalue weighted by atomic mass is 35.5. The number of piperazine rings is 1. The molecule has 24 heavy (non-hydrogen) atoms. The van der Waals surface area contributed by atoms with Crippen LogP contribution in [-0.4, -0.2) is 43.9 Å². The Morgan fingerprint density at radius 3 is 2.25 bits per heavy atom. The fourth-order valence-electron chi connectivity index (χ4n) is 2.64. The van der Waals surface area contributed by atoms with E-state index < -0.39 is 10.0 Å². The van der Waals surface area contributed by atoms with Crippen molar-refractivity contribution in [2.75, 3.05) is 31.1 Å². The molecule has 0 bridgehead atoms. The number of halogens is 2. The number of aromatic nitrogens is 1. The number of aryl methyl sites for hydroxylation is 1. The maximum absolute atomic E-state index is 12.7. The van der Waals surface area contributed by atoms with Gasteiger partial charge in [0.25, 0.3) is 0 Å². The Kier molecular flexibility index (Phi) is 5.01. The van der Waals surface area contributed by atoms with Crippen molar-refractivity contribution < 1.29 is 8.42 Å². The van der Waals surface area contributed by atoms with Crippen LogP contribution in [0.2, 0.25) is 10.0 Å². The standard InChI is InChI=1S/C16H17Cl2N3O2S/c1-12-2-4-14(5-3-12)24(22,23)21-8-6-20(7-9-21)16-15(18)10-13(17)11-19-16/h2-5,10-11H,6-9H2,1H3. The maximum Gasteiger partial charge on any atom is 0.243 e. The quantitative estimate of drug-likeness (QED) is 0.813. The molecule has 1 aromatic heterocycles. The summed E-state index contributed by atoms with van der Waals surface area (Å²) >= 11 is 12.0. The Balaban J connectivity index is 1.73. The summed E-state index contributed by atoms with van der Waals surface area (Å²) in [6, 6.07) is 8.55. The normalized spacial score (nSPS) is 16.4. The molecule has 1 aliphatic rings. The molecular formula is C16H17Cl2N3O2S. The molecule has 0 unspecified atom stereocenters. The Bertz CT molecular complexity index is 833. The van der Waals surface area contributed by atoms with E-state index in [1.165, 1.54) is 10.5 Å². The fourth-order valence-corrected chi connectivity index (χ4v) is 4.56. The number of hydrogen-bond acceptors (Lipinski definition) is 4. The first-order valence-electron chi connectivity index (χ1n) is 7.51. The third kappa shape index (κ3) is 3.52. The van der Waals surface area contributed by atoms with Crippen molar-refractivity contribution in [3.05, 3.63) is 52.1 Å². The average molecular weight is 386 g/mol. The van der Waals surface area contributed by atoms with Crippen LogP contribution in [0.15, 0.2) is 41.4 Å². The van der Waals surface area contributed by atoms with Gasteiger partial charge in [-0.15, -0.1) is 0 Å². The molecule has 1 aliphatic heterocycles. The highest BCUT2D eigenvalue weighted by molar-refractivity contribution is 7.89. The molecule has 0 amide bonds. The van der Waals surface area contributed by atoms with E-state index in [9.17, 15) is 8.42 Å². The molecule has 0 N–H and O–H groups in total. The monoisotopic (exact) mass is 385 g/mol. The summed E-state index contributed by atoms with van der Waals surface area (Å²) in [5, 5.41) is 0.946. The minimum atomic E-state index is -3.47. The molecule has 128 valence electrons. The van der Waals surface area contributed by atoms with E-state index in [2.05, 4.69) is 4.98 Å². The zero-order chi connectivity index (χ0) is 17.3. The lowest BCUT2D eigenvalue weighted by molar-refractivity contribution is 0.384. The maximum atomic E-state index is 12.7. The number of rotatable bonds is 3. The first kappa shape index (κ1) is 17.5. The first-order chi connectivity index (χ1) is 11.4. The summed E-state index contributed by atoms with van der Waals surface area (Å²) < 4.78 is 26.9. The van der Waals surface area contributed by atoms with E-state index in [-0.39, 0.29) is 0 Å². The van der Waals surface area contributed by atoms with Crippen molar-refractivity contribution in [3.8, 4) is 0 Å². The van der Waals surface area contributed by atoms with Gasteiger partial charge in [0.05, 0.1) is 14.9 Å². The van der Waals surface area contributed by atoms with Crippen LogP contribution in [0.1, 0.15) is 5.56 Å². The Labute approximate surface area is 151 Å². The van der Waals surface area contributed by atoms with E-state index in [1.807, 2.05) is 11.8 Å². The highest BCUT2D eigenvalue weighted by Gasteiger charge is 2.29. The van der Waals surface area contributed by atoms with E-state index in [0.29, 0.717) is 46.9 Å². The molecule has 8 heteroatoms. The van der Waals surface area contributed by atoms with Crippen LogP contribution in [0.5, 0.6) is 0 Å². The van der Waals surface area contributed by atoms with Crippen LogP contribution in [0.4, 0.5) is 5.82 Å². The number of pyridine rings is 1. The SMILES string of the molecule is Cc1ccc(S(=O)(=O)N2CCN(c3ncc(Cl)cc3Cl)CC2)cc1. The van der Waals surface area contributed by atoms with Crippen LogP contribution in [-0.2, 0) is 10.0 Å². The van der Waals surface area contributed by atoms with Gasteiger partial charge >= 0.3 is 0 Å². The average Bonchev–Trinajstić information content (AvgIpc) is 2.55. The van der Waals surface area contributed by atoms with Crippen molar-refractivity contribution in [2.24, 2.45) is 0 Å². The summed E-state index contributed by atoms with van der Waals surface area (Å²) in [5.74, 6) is 0.633. The lowest BCUT2D eigenvalue weighted by Gasteiger charge is -2.35. The molecule has 2 heterocycles. The molecule has 1 aromatic carbocycles. The fraction of sp³-hybridized carbons (Fsp3) is 0.312. The van der Waals surface area contributed by atoms with Gasteiger partial charge in [0, 0.05) is 32.4 Å². The zero-order valence-electron chi connectivity index (χ0n) is 13.1. The van der Waals surface area contributed by atoms with Crippen molar-refractivity contribution in [2.45, 2.75) is 11.8 Å². The van der Waals surface area contributed by atoms with Crippen molar-refractivity contribution in [1.82, 2.24) is 9.29 Å². The third-order valence-corrected chi connectivity index (χ3v) is 6.38. The third-order valence-electron chi connectivity index (χ3n) is 3.99. The number of hydrogen-bond donors (Lipinski definition) is 0. The number of anilines is 1. The predicted molar refractivity (Wildman–Crippen MR) is 96.4 cm³/mol. The van der Waals surface area contributed by atoms with Gasteiger partial charge in [-0.3, -0.25) is 0 Å². The number of sulfonamides is 1. The molecule has 0 atom stereocenters. The van der Waals surface area contributed by atoms with Gasteiger partial charge in [-0.05, 0) is 25.1 Å². The number of benzene rings is 1. The van der Waals surface area contributed by atoms with Crippen molar-refractivity contribution >= 4 is 39.0 Å². The smallest absolute Gasteiger partial charge is 0.243 e. The molecule has 0 spiro atoms. The number of nitrogens with zero attached hydrogens (tertiary/aromatic N) is 3. The van der Waals surface area contributed by atoms with Gasteiger partial charge in [-0.25, -0.2) is 13.4 Å². The van der Waals surface area contributed by atoms with Crippen LogP contribution >= 0.6 is 23.2 Å². The van der Waals surface area contributed by atoms with Gasteiger partial charge in [0.15, 0.2) is 0 Å². The minimum absolute atomic E-state index is 0.323. The second-order valence-corrected chi connectivity index (χ2v) is 8.44. The summed E-state index contributed by atoms with van der Waals surface area (Å²) in [4.78, 5) is 6.55. The van der Waals surface area contributed by atoms with Crippen LogP contribution in [0.3, 0.4) is 0 Å². The summed E-state index contributed by atoms with van der Waals surface area (Å²) in [5.41, 5.74) is 1.03. The van der Waals surface area contributed by atoms with E-state index in [4.69, 9.17) is 23.2 Å². The molecule has 2 aromatic rings. The summed E-state index contributed by atoms with van der Waals surface area (Å²) in [7, 11) is -3.47. The summed E-state index contributed by atoms with van der Waals surface area (Å²) in [6.45, 7) is 3.75. The second kappa shape index (κ2) is 6.88. The topological polar surface area (TPSA) is 53.5 Å². The van der Waals surface area contributed by atoms with Gasteiger partial charge in [0.1, 0.15) is 5.82 Å². The molecule has 5 nitrogen and oxygen atoms in total. The Morgan fingerprint density at radius 1 is 1.04 bits per heavy atom. The van der Waals surface area contributed by atoms with Crippen LogP contribution in [0, 0.1) is 6.92 Å². The molecule has 0 radical (unpaired) electrons. The van der Waals surface area contributed by atoms with Crippen LogP contribution in [0.25, 0.3) is 0 Å². The van der Waals surface area contributed by atoms with Crippen molar-refractivity contribution in [1.29, 1.82) is 0 Å². The molecule has 3 rings (SSSR count).